The molecule has 3 aromatic rings. The van der Waals surface area contributed by atoms with E-state index >= 15 is 0 Å². The van der Waals surface area contributed by atoms with Crippen LogP contribution in [-0.2, 0) is 4.79 Å². The molecular weight excluding hydrogens is 332 g/mol. The van der Waals surface area contributed by atoms with Crippen LogP contribution in [-0.4, -0.2) is 21.6 Å². The molecule has 130 valence electrons. The Kier molecular flexibility index (Phi) is 4.89. The second-order valence-electron chi connectivity index (χ2n) is 5.52. The number of primary amides is 1. The van der Waals surface area contributed by atoms with Crippen molar-refractivity contribution in [2.24, 2.45) is 5.73 Å². The molecule has 7 heteroatoms. The van der Waals surface area contributed by atoms with Gasteiger partial charge in [-0.3, -0.25) is 14.4 Å². The smallest absolute Gasteiger partial charge is 0.272 e. The molecule has 0 radical (unpaired) electrons. The van der Waals surface area contributed by atoms with Gasteiger partial charge in [-0.2, -0.15) is 9.78 Å². The van der Waals surface area contributed by atoms with Gasteiger partial charge >= 0.3 is 0 Å². The first-order valence-electron chi connectivity index (χ1n) is 7.87. The van der Waals surface area contributed by atoms with E-state index in [0.717, 1.165) is 4.68 Å². The first kappa shape index (κ1) is 17.1. The fourth-order valence-electron chi connectivity index (χ4n) is 2.46. The molecular formula is C19H16N4O3. The Morgan fingerprint density at radius 3 is 2.15 bits per heavy atom. The number of aromatic nitrogens is 2. The molecule has 0 bridgehead atoms. The number of nitrogens with one attached hydrogen (secondary N) is 1. The van der Waals surface area contributed by atoms with E-state index in [0.29, 0.717) is 11.3 Å². The lowest BCUT2D eigenvalue weighted by atomic mass is 10.1. The Balaban J connectivity index is 1.90. The molecule has 3 rings (SSSR count). The number of rotatable bonds is 5. The number of benzene rings is 2. The zero-order valence-corrected chi connectivity index (χ0v) is 13.7. The molecule has 1 heterocycles. The van der Waals surface area contributed by atoms with E-state index < -0.39 is 17.9 Å². The molecule has 0 aliphatic rings. The van der Waals surface area contributed by atoms with Crippen molar-refractivity contribution in [1.82, 2.24) is 15.1 Å². The third kappa shape index (κ3) is 3.67. The summed E-state index contributed by atoms with van der Waals surface area (Å²) in [6.45, 7) is 0. The van der Waals surface area contributed by atoms with Gasteiger partial charge in [0, 0.05) is 6.07 Å². The van der Waals surface area contributed by atoms with Gasteiger partial charge in [0.05, 0.1) is 5.69 Å². The van der Waals surface area contributed by atoms with Gasteiger partial charge in [0.25, 0.3) is 11.5 Å². The zero-order valence-electron chi connectivity index (χ0n) is 13.7. The van der Waals surface area contributed by atoms with Crippen LogP contribution in [0.1, 0.15) is 22.1 Å². The summed E-state index contributed by atoms with van der Waals surface area (Å²) in [5.74, 6) is -1.30. The number of amides is 2. The van der Waals surface area contributed by atoms with Crippen LogP contribution < -0.4 is 16.6 Å². The van der Waals surface area contributed by atoms with Crippen molar-refractivity contribution >= 4 is 11.8 Å². The third-order valence-corrected chi connectivity index (χ3v) is 3.73. The topological polar surface area (TPSA) is 107 Å². The lowest BCUT2D eigenvalue weighted by Crippen LogP contribution is -2.38. The predicted molar refractivity (Wildman–Crippen MR) is 95.7 cm³/mol. The fourth-order valence-corrected chi connectivity index (χ4v) is 2.46. The standard InChI is InChI=1S/C19H16N4O3/c20-18(25)17(13-7-3-1-4-8-13)21-19(26)15-11-12-16(24)23(22-15)14-9-5-2-6-10-14/h1-12,17H,(H2,20,25)(H,21,26)/t17-/m1/s1. The lowest BCUT2D eigenvalue weighted by Gasteiger charge is -2.16. The summed E-state index contributed by atoms with van der Waals surface area (Å²) < 4.78 is 1.12. The third-order valence-electron chi connectivity index (χ3n) is 3.73. The SMILES string of the molecule is NC(=O)[C@H](NC(=O)c1ccc(=O)n(-c2ccccc2)n1)c1ccccc1. The Morgan fingerprint density at radius 1 is 0.923 bits per heavy atom. The molecule has 0 unspecified atom stereocenters. The lowest BCUT2D eigenvalue weighted by molar-refractivity contribution is -0.120. The van der Waals surface area contributed by atoms with Gasteiger partial charge in [-0.05, 0) is 23.8 Å². The summed E-state index contributed by atoms with van der Waals surface area (Å²) in [6, 6.07) is 18.9. The molecule has 3 N–H and O–H groups in total. The second kappa shape index (κ2) is 7.43. The van der Waals surface area contributed by atoms with E-state index in [2.05, 4.69) is 10.4 Å². The van der Waals surface area contributed by atoms with Gasteiger partial charge < -0.3 is 11.1 Å². The first-order valence-corrected chi connectivity index (χ1v) is 7.87. The van der Waals surface area contributed by atoms with Crippen LogP contribution in [0.3, 0.4) is 0 Å². The van der Waals surface area contributed by atoms with Crippen LogP contribution in [0, 0.1) is 0 Å². The van der Waals surface area contributed by atoms with Crippen molar-refractivity contribution in [2.45, 2.75) is 6.04 Å². The maximum atomic E-state index is 12.5. The Labute approximate surface area is 149 Å². The molecule has 0 spiro atoms. The molecule has 26 heavy (non-hydrogen) atoms. The van der Waals surface area contributed by atoms with E-state index in [9.17, 15) is 14.4 Å². The molecule has 2 amide bonds. The molecule has 0 aliphatic heterocycles. The normalized spacial score (nSPS) is 11.5. The molecule has 0 saturated carbocycles. The van der Waals surface area contributed by atoms with Gasteiger partial charge in [0.2, 0.25) is 5.91 Å². The monoisotopic (exact) mass is 348 g/mol. The van der Waals surface area contributed by atoms with Gasteiger partial charge in [0.1, 0.15) is 11.7 Å². The average Bonchev–Trinajstić information content (AvgIpc) is 2.67. The van der Waals surface area contributed by atoms with Crippen LogP contribution in [0.2, 0.25) is 0 Å². The number of hydrogen-bond donors (Lipinski definition) is 2. The van der Waals surface area contributed by atoms with Crippen molar-refractivity contribution in [3.8, 4) is 5.69 Å². The summed E-state index contributed by atoms with van der Waals surface area (Å²) in [5, 5.41) is 6.64. The van der Waals surface area contributed by atoms with Crippen LogP contribution in [0.15, 0.2) is 77.6 Å². The Hall–Kier alpha value is -3.74. The summed E-state index contributed by atoms with van der Waals surface area (Å²) in [5.41, 5.74) is 6.12. The number of nitrogens with two attached hydrogens (primary N) is 1. The average molecular weight is 348 g/mol. The highest BCUT2D eigenvalue weighted by Gasteiger charge is 2.22. The number of hydrogen-bond acceptors (Lipinski definition) is 4. The predicted octanol–water partition coefficient (Wildman–Crippen LogP) is 1.19. The molecule has 7 nitrogen and oxygen atoms in total. The number of nitrogens with zero attached hydrogens (tertiary/aromatic N) is 2. The largest absolute Gasteiger partial charge is 0.368 e. The number of para-hydroxylation sites is 1. The molecule has 0 aliphatic carbocycles. The van der Waals surface area contributed by atoms with E-state index in [4.69, 9.17) is 5.73 Å². The second-order valence-corrected chi connectivity index (χ2v) is 5.52. The minimum Gasteiger partial charge on any atom is -0.368 e. The van der Waals surface area contributed by atoms with Crippen LogP contribution in [0.25, 0.3) is 5.69 Å². The quantitative estimate of drug-likeness (QED) is 0.722. The van der Waals surface area contributed by atoms with Crippen molar-refractivity contribution in [3.05, 3.63) is 94.4 Å². The van der Waals surface area contributed by atoms with E-state index in [1.165, 1.54) is 12.1 Å². The van der Waals surface area contributed by atoms with Crippen LogP contribution in [0.5, 0.6) is 0 Å². The molecule has 0 saturated heterocycles. The highest BCUT2D eigenvalue weighted by Crippen LogP contribution is 2.12. The number of carbonyl (C=O) groups is 2. The Morgan fingerprint density at radius 2 is 1.54 bits per heavy atom. The molecule has 2 aromatic carbocycles. The van der Waals surface area contributed by atoms with Gasteiger partial charge in [-0.25, -0.2) is 0 Å². The summed E-state index contributed by atoms with van der Waals surface area (Å²) >= 11 is 0. The highest BCUT2D eigenvalue weighted by atomic mass is 16.2. The highest BCUT2D eigenvalue weighted by molar-refractivity contribution is 5.96. The zero-order chi connectivity index (χ0) is 18.5. The minimum absolute atomic E-state index is 0.00404. The van der Waals surface area contributed by atoms with Gasteiger partial charge in [-0.1, -0.05) is 48.5 Å². The molecule has 0 fully saturated rings. The van der Waals surface area contributed by atoms with Crippen molar-refractivity contribution in [2.75, 3.05) is 0 Å². The summed E-state index contributed by atoms with van der Waals surface area (Å²) in [6.07, 6.45) is 0. The first-order chi connectivity index (χ1) is 12.6. The van der Waals surface area contributed by atoms with Crippen molar-refractivity contribution in [3.63, 3.8) is 0 Å². The van der Waals surface area contributed by atoms with Crippen molar-refractivity contribution in [1.29, 1.82) is 0 Å². The maximum absolute atomic E-state index is 12.5. The van der Waals surface area contributed by atoms with Gasteiger partial charge in [0.15, 0.2) is 0 Å². The maximum Gasteiger partial charge on any atom is 0.272 e. The molecule has 1 aromatic heterocycles. The summed E-state index contributed by atoms with van der Waals surface area (Å²) in [4.78, 5) is 36.3. The van der Waals surface area contributed by atoms with Crippen molar-refractivity contribution < 1.29 is 9.59 Å². The summed E-state index contributed by atoms with van der Waals surface area (Å²) in [7, 11) is 0. The van der Waals surface area contributed by atoms with E-state index in [-0.39, 0.29) is 11.3 Å². The minimum atomic E-state index is -0.998. The molecule has 1 atom stereocenters. The Bertz CT molecular complexity index is 984. The number of carbonyl (C=O) groups excluding carboxylic acids is 2. The van der Waals surface area contributed by atoms with E-state index in [1.54, 1.807) is 54.6 Å². The fraction of sp³-hybridized carbons (Fsp3) is 0.0526. The van der Waals surface area contributed by atoms with E-state index in [1.807, 2.05) is 6.07 Å². The van der Waals surface area contributed by atoms with Crippen LogP contribution >= 0.6 is 0 Å². The van der Waals surface area contributed by atoms with Crippen LogP contribution in [0.4, 0.5) is 0 Å². The van der Waals surface area contributed by atoms with Gasteiger partial charge in [-0.15, -0.1) is 0 Å².